The Bertz CT molecular complexity index is 1150. The van der Waals surface area contributed by atoms with Crippen LogP contribution in [-0.4, -0.2) is 22.6 Å². The van der Waals surface area contributed by atoms with E-state index in [1.165, 1.54) is 23.8 Å². The first kappa shape index (κ1) is 18.8. The highest BCUT2D eigenvalue weighted by Crippen LogP contribution is 2.22. The molecule has 0 bridgehead atoms. The van der Waals surface area contributed by atoms with Crippen molar-refractivity contribution >= 4 is 29.0 Å². The third-order valence-electron chi connectivity index (χ3n) is 4.39. The Morgan fingerprint density at radius 1 is 1.30 bits per heavy atom. The van der Waals surface area contributed by atoms with E-state index in [-0.39, 0.29) is 22.0 Å². The molecular weight excluding hydrogens is 369 g/mol. The Hall–Kier alpha value is -3.00. The van der Waals surface area contributed by atoms with Crippen molar-refractivity contribution in [2.24, 2.45) is 7.05 Å². The van der Waals surface area contributed by atoms with Crippen molar-refractivity contribution in [3.05, 3.63) is 68.5 Å². The lowest BCUT2D eigenvalue weighted by Crippen LogP contribution is -2.27. The maximum atomic E-state index is 13.9. The second-order valence-electron chi connectivity index (χ2n) is 6.14. The normalized spacial score (nSPS) is 12.0. The molecule has 8 heteroatoms. The number of halogens is 1. The van der Waals surface area contributed by atoms with E-state index in [0.717, 1.165) is 0 Å². The zero-order chi connectivity index (χ0) is 19.7. The zero-order valence-electron chi connectivity index (χ0n) is 15.0. The summed E-state index contributed by atoms with van der Waals surface area (Å²) in [6.45, 7) is 1.75. The molecule has 1 amide bonds. The van der Waals surface area contributed by atoms with Gasteiger partial charge in [-0.3, -0.25) is 14.2 Å². The fourth-order valence-electron chi connectivity index (χ4n) is 2.76. The van der Waals surface area contributed by atoms with Crippen LogP contribution in [0.5, 0.6) is 5.75 Å². The number of hydrogen-bond donors (Lipinski definition) is 2. The highest BCUT2D eigenvalue weighted by atomic mass is 32.1. The first-order valence-corrected chi connectivity index (χ1v) is 8.60. The molecule has 3 aromatic rings. The second-order valence-corrected chi connectivity index (χ2v) is 6.53. The summed E-state index contributed by atoms with van der Waals surface area (Å²) in [6.07, 6.45) is 0. The van der Waals surface area contributed by atoms with Gasteiger partial charge in [-0.25, -0.2) is 4.39 Å². The van der Waals surface area contributed by atoms with E-state index < -0.39 is 11.9 Å². The number of H-pyrrole nitrogens is 1. The molecule has 140 valence electrons. The van der Waals surface area contributed by atoms with E-state index in [1.807, 2.05) is 0 Å². The maximum absolute atomic E-state index is 13.9. The van der Waals surface area contributed by atoms with Crippen LogP contribution in [-0.2, 0) is 7.05 Å². The van der Waals surface area contributed by atoms with Gasteiger partial charge in [0.15, 0.2) is 16.3 Å². The Kier molecular flexibility index (Phi) is 5.09. The van der Waals surface area contributed by atoms with Crippen LogP contribution >= 0.6 is 12.2 Å². The largest absolute Gasteiger partial charge is 0.494 e. The lowest BCUT2D eigenvalue weighted by molar-refractivity contribution is 0.0940. The SMILES string of the molecule is COc1ccc([C@@H](C)NC(=O)c2ccc3c(=O)n(C)c(=S)[nH]c3c2)cc1F. The second kappa shape index (κ2) is 7.32. The van der Waals surface area contributed by atoms with Crippen LogP contribution in [0.2, 0.25) is 0 Å². The van der Waals surface area contributed by atoms with Crippen molar-refractivity contribution < 1.29 is 13.9 Å². The first-order valence-electron chi connectivity index (χ1n) is 8.19. The molecule has 0 spiro atoms. The average Bonchev–Trinajstić information content (AvgIpc) is 2.65. The standard InChI is InChI=1S/C19H18FN3O3S/c1-10(11-5-7-16(26-3)14(20)8-11)21-17(24)12-4-6-13-15(9-12)22-19(27)23(2)18(13)25/h4-10H,1-3H3,(H,21,24)(H,22,27)/t10-/m1/s1. The number of benzene rings is 2. The number of amides is 1. The lowest BCUT2D eigenvalue weighted by Gasteiger charge is -2.15. The molecule has 6 nitrogen and oxygen atoms in total. The predicted molar refractivity (Wildman–Crippen MR) is 103 cm³/mol. The minimum absolute atomic E-state index is 0.142. The lowest BCUT2D eigenvalue weighted by atomic mass is 10.1. The van der Waals surface area contributed by atoms with Crippen LogP contribution in [0.4, 0.5) is 4.39 Å². The molecule has 0 aliphatic rings. The van der Waals surface area contributed by atoms with Crippen LogP contribution in [0.3, 0.4) is 0 Å². The summed E-state index contributed by atoms with van der Waals surface area (Å²) in [5, 5.41) is 3.25. The molecule has 0 aliphatic carbocycles. The van der Waals surface area contributed by atoms with Crippen LogP contribution in [0.15, 0.2) is 41.2 Å². The highest BCUT2D eigenvalue weighted by molar-refractivity contribution is 7.71. The molecule has 1 heterocycles. The average molecular weight is 387 g/mol. The number of aromatic amines is 1. The van der Waals surface area contributed by atoms with Crippen molar-refractivity contribution in [3.63, 3.8) is 0 Å². The van der Waals surface area contributed by atoms with Crippen LogP contribution in [0.1, 0.15) is 28.9 Å². The van der Waals surface area contributed by atoms with Gasteiger partial charge >= 0.3 is 0 Å². The molecular formula is C19H18FN3O3S. The fraction of sp³-hybridized carbons (Fsp3) is 0.211. The van der Waals surface area contributed by atoms with Gasteiger partial charge in [0.1, 0.15) is 0 Å². The van der Waals surface area contributed by atoms with E-state index in [9.17, 15) is 14.0 Å². The minimum Gasteiger partial charge on any atom is -0.494 e. The predicted octanol–water partition coefficient (Wildman–Crippen LogP) is 3.23. The highest BCUT2D eigenvalue weighted by Gasteiger charge is 2.15. The number of hydrogen-bond acceptors (Lipinski definition) is 4. The van der Waals surface area contributed by atoms with Crippen LogP contribution in [0.25, 0.3) is 10.9 Å². The van der Waals surface area contributed by atoms with E-state index in [2.05, 4.69) is 10.3 Å². The quantitative estimate of drug-likeness (QED) is 0.674. The Balaban J connectivity index is 1.87. The Morgan fingerprint density at radius 3 is 2.70 bits per heavy atom. The summed E-state index contributed by atoms with van der Waals surface area (Å²) in [4.78, 5) is 27.7. The number of methoxy groups -OCH3 is 1. The number of nitrogens with zero attached hydrogens (tertiary/aromatic N) is 1. The number of carbonyl (C=O) groups excluding carboxylic acids is 1. The molecule has 0 saturated heterocycles. The van der Waals surface area contributed by atoms with E-state index >= 15 is 0 Å². The van der Waals surface area contributed by atoms with Gasteiger partial charge in [-0.05, 0) is 55.0 Å². The van der Waals surface area contributed by atoms with E-state index in [1.54, 1.807) is 38.2 Å². The fourth-order valence-corrected chi connectivity index (χ4v) is 2.96. The third-order valence-corrected chi connectivity index (χ3v) is 4.76. The van der Waals surface area contributed by atoms with Gasteiger partial charge in [-0.1, -0.05) is 6.07 Å². The van der Waals surface area contributed by atoms with Crippen molar-refractivity contribution in [2.45, 2.75) is 13.0 Å². The van der Waals surface area contributed by atoms with Gasteiger partial charge < -0.3 is 15.0 Å². The number of aromatic nitrogens is 2. The number of fused-ring (bicyclic) bond motifs is 1. The first-order chi connectivity index (χ1) is 12.8. The molecule has 3 rings (SSSR count). The Morgan fingerprint density at radius 2 is 2.04 bits per heavy atom. The van der Waals surface area contributed by atoms with Crippen molar-refractivity contribution in [1.29, 1.82) is 0 Å². The molecule has 0 fully saturated rings. The molecule has 0 radical (unpaired) electrons. The summed E-state index contributed by atoms with van der Waals surface area (Å²) in [5.41, 5.74) is 1.22. The van der Waals surface area contributed by atoms with Gasteiger partial charge in [0, 0.05) is 12.6 Å². The van der Waals surface area contributed by atoms with Gasteiger partial charge in [-0.15, -0.1) is 0 Å². The summed E-state index contributed by atoms with van der Waals surface area (Å²) in [5.74, 6) is -0.700. The van der Waals surface area contributed by atoms with Gasteiger partial charge in [0.25, 0.3) is 11.5 Å². The van der Waals surface area contributed by atoms with Gasteiger partial charge in [-0.2, -0.15) is 0 Å². The van der Waals surface area contributed by atoms with Crippen molar-refractivity contribution in [1.82, 2.24) is 14.9 Å². The number of nitrogens with one attached hydrogen (secondary N) is 2. The van der Waals surface area contributed by atoms with Crippen molar-refractivity contribution in [3.8, 4) is 5.75 Å². The monoisotopic (exact) mass is 387 g/mol. The summed E-state index contributed by atoms with van der Waals surface area (Å²) >= 11 is 5.10. The molecule has 0 aliphatic heterocycles. The maximum Gasteiger partial charge on any atom is 0.261 e. The van der Waals surface area contributed by atoms with E-state index in [0.29, 0.717) is 22.0 Å². The number of ether oxygens (including phenoxy) is 1. The number of carbonyl (C=O) groups is 1. The van der Waals surface area contributed by atoms with Crippen LogP contribution in [0, 0.1) is 10.6 Å². The molecule has 2 aromatic carbocycles. The van der Waals surface area contributed by atoms with Crippen molar-refractivity contribution in [2.75, 3.05) is 7.11 Å². The van der Waals surface area contributed by atoms with Crippen LogP contribution < -0.4 is 15.6 Å². The molecule has 2 N–H and O–H groups in total. The molecule has 27 heavy (non-hydrogen) atoms. The smallest absolute Gasteiger partial charge is 0.261 e. The van der Waals surface area contributed by atoms with Gasteiger partial charge in [0.05, 0.1) is 24.1 Å². The molecule has 1 atom stereocenters. The molecule has 0 unspecified atom stereocenters. The topological polar surface area (TPSA) is 76.1 Å². The summed E-state index contributed by atoms with van der Waals surface area (Å²) < 4.78 is 20.4. The minimum atomic E-state index is -0.495. The number of rotatable bonds is 4. The summed E-state index contributed by atoms with van der Waals surface area (Å²) in [7, 11) is 2.97. The molecule has 0 saturated carbocycles. The van der Waals surface area contributed by atoms with Gasteiger partial charge in [0.2, 0.25) is 0 Å². The zero-order valence-corrected chi connectivity index (χ0v) is 15.8. The summed E-state index contributed by atoms with van der Waals surface area (Å²) in [6, 6.07) is 8.82. The van der Waals surface area contributed by atoms with E-state index in [4.69, 9.17) is 17.0 Å². The molecule has 1 aromatic heterocycles. The third kappa shape index (κ3) is 3.61. The Labute approximate surface area is 159 Å².